The highest BCUT2D eigenvalue weighted by Gasteiger charge is 2.11. The number of hydrogen-bond donors (Lipinski definition) is 2. The minimum absolute atomic E-state index is 0.0460. The van der Waals surface area contributed by atoms with Gasteiger partial charge in [-0.25, -0.2) is 13.1 Å². The van der Waals surface area contributed by atoms with Crippen LogP contribution in [-0.2, 0) is 22.1 Å². The van der Waals surface area contributed by atoms with Gasteiger partial charge in [0.05, 0.1) is 9.82 Å². The monoisotopic (exact) mass is 305 g/mol. The van der Waals surface area contributed by atoms with E-state index in [9.17, 15) is 8.42 Å². The van der Waals surface area contributed by atoms with E-state index in [0.29, 0.717) is 0 Å². The van der Waals surface area contributed by atoms with E-state index in [1.54, 1.807) is 0 Å². The number of rotatable bonds is 6. The van der Waals surface area contributed by atoms with Crippen molar-refractivity contribution in [1.82, 2.24) is 14.6 Å². The molecule has 20 heavy (non-hydrogen) atoms. The minimum atomic E-state index is -5.24. The molecule has 0 aliphatic rings. The maximum Gasteiger partial charge on any atom is 0.215 e. The SMILES string of the molecule is [2H]c1c(C([2H])([2H])S(=O)(=O)NC([2H])([2H])[2H])c([2H])c2c(CC([2H])([2H])N(C)C)c[nH]c2c1[2H]. The van der Waals surface area contributed by atoms with Gasteiger partial charge in [-0.2, -0.15) is 0 Å². The number of benzene rings is 1. The van der Waals surface area contributed by atoms with Gasteiger partial charge >= 0.3 is 0 Å². The molecule has 0 radical (unpaired) electrons. The molecule has 1 aromatic carbocycles. The third kappa shape index (κ3) is 3.59. The van der Waals surface area contributed by atoms with Gasteiger partial charge in [-0.1, -0.05) is 6.04 Å². The van der Waals surface area contributed by atoms with Gasteiger partial charge in [0.15, 0.2) is 0 Å². The summed E-state index contributed by atoms with van der Waals surface area (Å²) in [6, 6.07) is -2.23. The number of hydrogen-bond acceptors (Lipinski definition) is 3. The largest absolute Gasteiger partial charge is 0.361 e. The highest BCUT2D eigenvalue weighted by molar-refractivity contribution is 7.88. The van der Waals surface area contributed by atoms with E-state index in [2.05, 4.69) is 4.98 Å². The number of aromatic amines is 1. The minimum Gasteiger partial charge on any atom is -0.361 e. The van der Waals surface area contributed by atoms with Crippen LogP contribution in [0.4, 0.5) is 0 Å². The van der Waals surface area contributed by atoms with Gasteiger partial charge in [0.25, 0.3) is 0 Å². The molecule has 0 spiro atoms. The molecule has 0 amide bonds. The average Bonchev–Trinajstić information content (AvgIpc) is 2.93. The molecule has 0 saturated carbocycles. The van der Waals surface area contributed by atoms with Crippen LogP contribution in [-0.4, -0.2) is 45.9 Å². The van der Waals surface area contributed by atoms with Crippen molar-refractivity contribution in [3.63, 3.8) is 0 Å². The summed E-state index contributed by atoms with van der Waals surface area (Å²) >= 11 is 0. The Hall–Kier alpha value is -1.37. The molecule has 5 nitrogen and oxygen atoms in total. The summed E-state index contributed by atoms with van der Waals surface area (Å²) in [5.41, 5.74) is -4.38. The smallest absolute Gasteiger partial charge is 0.215 e. The number of aryl methyl sites for hydroxylation is 1. The second-order valence-corrected chi connectivity index (χ2v) is 5.67. The maximum atomic E-state index is 12.4. The van der Waals surface area contributed by atoms with Crippen LogP contribution >= 0.6 is 0 Å². The van der Waals surface area contributed by atoms with Crippen molar-refractivity contribution in [3.05, 3.63) is 35.5 Å². The molecule has 0 unspecified atom stereocenters. The highest BCUT2D eigenvalue weighted by atomic mass is 32.2. The maximum absolute atomic E-state index is 12.4. The lowest BCUT2D eigenvalue weighted by Crippen LogP contribution is -2.20. The van der Waals surface area contributed by atoms with Crippen molar-refractivity contribution >= 4 is 20.9 Å². The number of fused-ring (bicyclic) bond motifs is 1. The number of likely N-dealkylation sites (N-methyl/N-ethyl adjacent to an activating group) is 1. The van der Waals surface area contributed by atoms with Gasteiger partial charge in [0.1, 0.15) is 0 Å². The van der Waals surface area contributed by atoms with Crippen LogP contribution in [0.2, 0.25) is 0 Å². The molecule has 0 bridgehead atoms. The summed E-state index contributed by atoms with van der Waals surface area (Å²) in [5.74, 6) is 0. The molecule has 2 N–H and O–H groups in total. The van der Waals surface area contributed by atoms with Crippen LogP contribution in [0.3, 0.4) is 0 Å². The van der Waals surface area contributed by atoms with Gasteiger partial charge in [0.2, 0.25) is 10.0 Å². The lowest BCUT2D eigenvalue weighted by Gasteiger charge is -2.08. The van der Waals surface area contributed by atoms with E-state index in [-0.39, 0.29) is 22.9 Å². The van der Waals surface area contributed by atoms with Gasteiger partial charge in [-0.05, 0) is 50.7 Å². The second-order valence-electron chi connectivity index (χ2n) is 4.25. The van der Waals surface area contributed by atoms with Crippen LogP contribution < -0.4 is 4.72 Å². The molecular weight excluding hydrogens is 274 g/mol. The van der Waals surface area contributed by atoms with Gasteiger partial charge < -0.3 is 9.88 Å². The standard InChI is InChI=1S/C14H21N3O2S/c1-15-20(18,19)10-11-4-5-14-13(8-11)12(9-16-14)6-7-17(2)3/h4-5,8-9,15-16H,6-7,10H2,1-3H3/i1D3,4D,5D,7D2,8D,10D2. The predicted molar refractivity (Wildman–Crippen MR) is 82.2 cm³/mol. The van der Waals surface area contributed by atoms with Crippen LogP contribution in [0.1, 0.15) is 24.8 Å². The summed E-state index contributed by atoms with van der Waals surface area (Å²) in [7, 11) is -2.26. The van der Waals surface area contributed by atoms with Gasteiger partial charge in [-0.3, -0.25) is 0 Å². The number of sulfonamides is 1. The Morgan fingerprint density at radius 2 is 2.30 bits per heavy atom. The van der Waals surface area contributed by atoms with Crippen molar-refractivity contribution in [2.45, 2.75) is 12.1 Å². The van der Waals surface area contributed by atoms with Crippen LogP contribution in [0.5, 0.6) is 0 Å². The second kappa shape index (κ2) is 5.95. The van der Waals surface area contributed by atoms with E-state index in [0.717, 1.165) is 0 Å². The summed E-state index contributed by atoms with van der Waals surface area (Å²) in [6.45, 7) is -5.12. The Bertz CT molecular complexity index is 1080. The predicted octanol–water partition coefficient (Wildman–Crippen LogP) is 1.32. The Morgan fingerprint density at radius 3 is 3.00 bits per heavy atom. The lowest BCUT2D eigenvalue weighted by molar-refractivity contribution is 0.414. The summed E-state index contributed by atoms with van der Waals surface area (Å²) in [6.07, 6.45) is 1.04. The molecule has 2 aromatic rings. The molecule has 0 aliphatic heterocycles. The molecule has 110 valence electrons. The third-order valence-electron chi connectivity index (χ3n) is 2.48. The van der Waals surface area contributed by atoms with Crippen molar-refractivity contribution < 1.29 is 22.1 Å². The number of aromatic nitrogens is 1. The van der Waals surface area contributed by atoms with E-state index in [1.807, 2.05) is 0 Å². The highest BCUT2D eigenvalue weighted by Crippen LogP contribution is 2.21. The molecular formula is C14H21N3O2S. The Morgan fingerprint density at radius 1 is 1.50 bits per heavy atom. The first kappa shape index (κ1) is 6.60. The van der Waals surface area contributed by atoms with E-state index >= 15 is 0 Å². The van der Waals surface area contributed by atoms with Crippen molar-refractivity contribution in [2.24, 2.45) is 0 Å². The van der Waals surface area contributed by atoms with E-state index < -0.39 is 52.9 Å². The fourth-order valence-electron chi connectivity index (χ4n) is 1.58. The topological polar surface area (TPSA) is 65.2 Å². The Labute approximate surface area is 134 Å². The fraction of sp³-hybridized carbons (Fsp3) is 0.429. The molecule has 6 heteroatoms. The van der Waals surface area contributed by atoms with Crippen LogP contribution in [0, 0.1) is 0 Å². The lowest BCUT2D eigenvalue weighted by atomic mass is 10.1. The fourth-order valence-corrected chi connectivity index (χ4v) is 2.00. The normalized spacial score (nSPS) is 21.8. The third-order valence-corrected chi connectivity index (χ3v) is 3.22. The first-order valence-electron chi connectivity index (χ1n) is 10.6. The zero-order valence-corrected chi connectivity index (χ0v) is 11.8. The zero-order valence-electron chi connectivity index (χ0n) is 21.0. The molecule has 0 aliphatic carbocycles. The number of nitrogens with zero attached hydrogens (tertiary/aromatic N) is 1. The van der Waals surface area contributed by atoms with Crippen molar-refractivity contribution in [1.29, 1.82) is 0 Å². The molecule has 2 rings (SSSR count). The first-order valence-corrected chi connectivity index (χ1v) is 7.13. The van der Waals surface area contributed by atoms with E-state index in [4.69, 9.17) is 13.7 Å². The zero-order chi connectivity index (χ0) is 23.4. The van der Waals surface area contributed by atoms with E-state index in [1.165, 1.54) is 29.9 Å². The molecule has 0 fully saturated rings. The quantitative estimate of drug-likeness (QED) is 0.846. The number of H-pyrrole nitrogens is 1. The molecule has 0 atom stereocenters. The molecule has 1 heterocycles. The summed E-state index contributed by atoms with van der Waals surface area (Å²) in [5, 5.41) is -0.107. The number of nitrogens with one attached hydrogen (secondary N) is 2. The average molecular weight is 305 g/mol. The molecule has 0 saturated heterocycles. The van der Waals surface area contributed by atoms with Gasteiger partial charge in [0, 0.05) is 33.2 Å². The van der Waals surface area contributed by atoms with Crippen molar-refractivity contribution in [3.8, 4) is 0 Å². The van der Waals surface area contributed by atoms with Crippen LogP contribution in [0.25, 0.3) is 10.9 Å². The van der Waals surface area contributed by atoms with Gasteiger partial charge in [-0.15, -0.1) is 0 Å². The summed E-state index contributed by atoms with van der Waals surface area (Å²) in [4.78, 5) is 3.94. The Kier molecular flexibility index (Phi) is 1.96. The Balaban J connectivity index is 2.80. The first-order chi connectivity index (χ1) is 13.3. The molecule has 1 aromatic heterocycles. The van der Waals surface area contributed by atoms with Crippen LogP contribution in [0.15, 0.2) is 24.3 Å². The van der Waals surface area contributed by atoms with Crippen molar-refractivity contribution in [2.75, 3.05) is 27.6 Å². The summed E-state index contributed by atoms with van der Waals surface area (Å²) < 4.78 is 104.